The van der Waals surface area contributed by atoms with Crippen LogP contribution in [0.2, 0.25) is 0 Å². The molecule has 2 aromatic heterocycles. The number of β-amino-alcohol motifs (C(OH)–C–C–N with tert-alkyl or cyclic N) is 1. The molecule has 1 fully saturated rings. The van der Waals surface area contributed by atoms with E-state index in [1.54, 1.807) is 12.1 Å². The van der Waals surface area contributed by atoms with Crippen LogP contribution >= 0.6 is 0 Å². The molecule has 2 N–H and O–H groups in total. The van der Waals surface area contributed by atoms with Gasteiger partial charge in [-0.05, 0) is 30.7 Å². The molecule has 0 spiro atoms. The smallest absolute Gasteiger partial charge is 0.316 e. The second-order valence-electron chi connectivity index (χ2n) is 7.57. The van der Waals surface area contributed by atoms with Gasteiger partial charge in [-0.1, -0.05) is 18.2 Å². The molecule has 3 heterocycles. The lowest BCUT2D eigenvalue weighted by atomic mass is 10.0. The van der Waals surface area contributed by atoms with Crippen LogP contribution in [0.25, 0.3) is 27.7 Å². The normalized spacial score (nSPS) is 18.2. The number of rotatable bonds is 4. The second kappa shape index (κ2) is 8.10. The van der Waals surface area contributed by atoms with Crippen molar-refractivity contribution in [2.45, 2.75) is 18.6 Å². The van der Waals surface area contributed by atoms with Gasteiger partial charge >= 0.3 is 6.01 Å². The molecule has 5 rings (SSSR count). The number of aliphatic hydroxyl groups is 1. The lowest BCUT2D eigenvalue weighted by Crippen LogP contribution is -2.29. The largest absolute Gasteiger partial charge is 0.467 e. The van der Waals surface area contributed by atoms with Crippen molar-refractivity contribution in [3.8, 4) is 22.8 Å². The molecule has 9 heteroatoms. The average Bonchev–Trinajstić information content (AvgIpc) is 3.26. The van der Waals surface area contributed by atoms with E-state index >= 15 is 4.39 Å². The third-order valence-corrected chi connectivity index (χ3v) is 5.55. The van der Waals surface area contributed by atoms with Crippen molar-refractivity contribution in [2.24, 2.45) is 0 Å². The number of methoxy groups -OCH3 is 1. The average molecular weight is 433 g/mol. The van der Waals surface area contributed by atoms with Gasteiger partial charge in [-0.15, -0.1) is 0 Å². The highest BCUT2D eigenvalue weighted by atomic mass is 19.1. The van der Waals surface area contributed by atoms with Crippen LogP contribution < -0.4 is 15.6 Å². The van der Waals surface area contributed by atoms with E-state index < -0.39 is 17.5 Å². The predicted molar refractivity (Wildman–Crippen MR) is 116 cm³/mol. The van der Waals surface area contributed by atoms with E-state index in [1.165, 1.54) is 36.2 Å². The summed E-state index contributed by atoms with van der Waals surface area (Å²) in [7, 11) is 1.44. The van der Waals surface area contributed by atoms with E-state index in [2.05, 4.69) is 15.3 Å². The summed E-state index contributed by atoms with van der Waals surface area (Å²) in [6, 6.07) is 11.7. The van der Waals surface area contributed by atoms with Crippen LogP contribution in [-0.2, 0) is 0 Å². The number of aliphatic hydroxyl groups excluding tert-OH is 1. The molecule has 2 atom stereocenters. The van der Waals surface area contributed by atoms with Crippen molar-refractivity contribution in [3.05, 3.63) is 76.9 Å². The molecule has 0 aliphatic carbocycles. The number of nitrogens with one attached hydrogen (secondary N) is 1. The zero-order valence-electron chi connectivity index (χ0n) is 17.2. The second-order valence-corrected chi connectivity index (χ2v) is 7.57. The lowest BCUT2D eigenvalue weighted by molar-refractivity contribution is 0.193. The van der Waals surface area contributed by atoms with E-state index in [-0.39, 0.29) is 23.0 Å². The molecule has 0 bridgehead atoms. The van der Waals surface area contributed by atoms with Crippen molar-refractivity contribution in [2.75, 3.05) is 13.7 Å². The van der Waals surface area contributed by atoms with Crippen LogP contribution in [0.5, 0.6) is 6.01 Å². The third kappa shape index (κ3) is 3.41. The Bertz CT molecular complexity index is 1340. The number of benzene rings is 2. The first-order valence-corrected chi connectivity index (χ1v) is 10.1. The molecule has 32 heavy (non-hydrogen) atoms. The fraction of sp³-hybridized carbons (Fsp3) is 0.217. The Morgan fingerprint density at radius 2 is 1.91 bits per heavy atom. The Kier molecular flexibility index (Phi) is 5.12. The molecule has 1 aliphatic rings. The quantitative estimate of drug-likeness (QED) is 0.509. The Labute approximate surface area is 182 Å². The van der Waals surface area contributed by atoms with E-state index in [1.807, 2.05) is 18.2 Å². The molecular weight excluding hydrogens is 413 g/mol. The van der Waals surface area contributed by atoms with Gasteiger partial charge in [0.05, 0.1) is 35.8 Å². The lowest BCUT2D eigenvalue weighted by Gasteiger charge is -2.19. The minimum absolute atomic E-state index is 0.0818. The Balaban J connectivity index is 1.82. The highest BCUT2D eigenvalue weighted by molar-refractivity contribution is 5.94. The highest BCUT2D eigenvalue weighted by Crippen LogP contribution is 2.31. The predicted octanol–water partition coefficient (Wildman–Crippen LogP) is 2.39. The fourth-order valence-corrected chi connectivity index (χ4v) is 4.07. The minimum atomic E-state index is -0.577. The maximum Gasteiger partial charge on any atom is 0.316 e. The number of fused-ring (bicyclic) bond motifs is 1. The van der Waals surface area contributed by atoms with Crippen LogP contribution in [0.1, 0.15) is 18.3 Å². The number of para-hydroxylation sites is 1. The van der Waals surface area contributed by atoms with E-state index in [9.17, 15) is 9.90 Å². The summed E-state index contributed by atoms with van der Waals surface area (Å²) in [5.74, 6) is -0.110. The van der Waals surface area contributed by atoms with Crippen LogP contribution in [0.3, 0.4) is 0 Å². The standard InChI is InChI=1S/C23H20FN5O3/c1-32-23-26-10-13(11-27-23)19-16(24)7-8-17-20(19)22(31)29(14-5-3-2-4-6-14)21(28-17)18-9-15(30)12-25-18/h2-8,10-11,15,18,25,30H,9,12H2,1H3/t15-,18-/m0/s1. The first-order chi connectivity index (χ1) is 15.6. The molecule has 162 valence electrons. The van der Waals surface area contributed by atoms with Crippen LogP contribution in [-0.4, -0.2) is 44.4 Å². The summed E-state index contributed by atoms with van der Waals surface area (Å²) in [6.07, 6.45) is 2.72. The van der Waals surface area contributed by atoms with Gasteiger partial charge in [0.1, 0.15) is 11.6 Å². The van der Waals surface area contributed by atoms with E-state index in [4.69, 9.17) is 9.72 Å². The van der Waals surface area contributed by atoms with Crippen molar-refractivity contribution in [3.63, 3.8) is 0 Å². The van der Waals surface area contributed by atoms with Gasteiger partial charge in [0.15, 0.2) is 0 Å². The van der Waals surface area contributed by atoms with E-state index in [0.717, 1.165) is 0 Å². The Morgan fingerprint density at radius 1 is 1.16 bits per heavy atom. The van der Waals surface area contributed by atoms with Crippen molar-refractivity contribution in [1.82, 2.24) is 24.8 Å². The number of nitrogens with zero attached hydrogens (tertiary/aromatic N) is 4. The molecule has 0 amide bonds. The molecule has 8 nitrogen and oxygen atoms in total. The molecule has 0 unspecified atom stereocenters. The van der Waals surface area contributed by atoms with Crippen molar-refractivity contribution >= 4 is 10.9 Å². The van der Waals surface area contributed by atoms with Crippen LogP contribution in [0.4, 0.5) is 4.39 Å². The zero-order valence-corrected chi connectivity index (χ0v) is 17.2. The van der Waals surface area contributed by atoms with Gasteiger partial charge in [-0.25, -0.2) is 19.3 Å². The van der Waals surface area contributed by atoms with E-state index in [0.29, 0.717) is 35.6 Å². The maximum absolute atomic E-state index is 15.0. The van der Waals surface area contributed by atoms with Crippen LogP contribution in [0.15, 0.2) is 59.7 Å². The van der Waals surface area contributed by atoms with Gasteiger partial charge in [-0.2, -0.15) is 0 Å². The molecule has 1 aliphatic heterocycles. The molecule has 4 aromatic rings. The van der Waals surface area contributed by atoms with Gasteiger partial charge in [-0.3, -0.25) is 9.36 Å². The number of hydrogen-bond acceptors (Lipinski definition) is 7. The number of ether oxygens (including phenoxy) is 1. The zero-order chi connectivity index (χ0) is 22.2. The maximum atomic E-state index is 15.0. The Morgan fingerprint density at radius 3 is 2.56 bits per heavy atom. The van der Waals surface area contributed by atoms with Gasteiger partial charge < -0.3 is 15.2 Å². The molecule has 2 aromatic carbocycles. The summed E-state index contributed by atoms with van der Waals surface area (Å²) in [5, 5.41) is 13.4. The summed E-state index contributed by atoms with van der Waals surface area (Å²) in [4.78, 5) is 26.7. The monoisotopic (exact) mass is 433 g/mol. The fourth-order valence-electron chi connectivity index (χ4n) is 4.07. The molecule has 0 saturated carbocycles. The number of halogens is 1. The minimum Gasteiger partial charge on any atom is -0.467 e. The van der Waals surface area contributed by atoms with Crippen molar-refractivity contribution in [1.29, 1.82) is 0 Å². The first-order valence-electron chi connectivity index (χ1n) is 10.1. The summed E-state index contributed by atoms with van der Waals surface area (Å²) >= 11 is 0. The van der Waals surface area contributed by atoms with Gasteiger partial charge in [0, 0.05) is 30.1 Å². The summed E-state index contributed by atoms with van der Waals surface area (Å²) < 4.78 is 21.5. The third-order valence-electron chi connectivity index (χ3n) is 5.55. The topological polar surface area (TPSA) is 102 Å². The van der Waals surface area contributed by atoms with Gasteiger partial charge in [0.2, 0.25) is 0 Å². The SMILES string of the molecule is COc1ncc(-c2c(F)ccc3nc([C@@H]4C[C@H](O)CN4)n(-c4ccccc4)c(=O)c23)cn1. The Hall–Kier alpha value is -3.69. The number of hydrogen-bond donors (Lipinski definition) is 2. The van der Waals surface area contributed by atoms with Gasteiger partial charge in [0.25, 0.3) is 5.56 Å². The molecular formula is C23H20FN5O3. The van der Waals surface area contributed by atoms with Crippen LogP contribution in [0, 0.1) is 5.82 Å². The highest BCUT2D eigenvalue weighted by Gasteiger charge is 2.29. The van der Waals surface area contributed by atoms with Crippen molar-refractivity contribution < 1.29 is 14.2 Å². The molecule has 1 saturated heterocycles. The molecule has 0 radical (unpaired) electrons. The number of aromatic nitrogens is 4. The first kappa shape index (κ1) is 20.2. The summed E-state index contributed by atoms with van der Waals surface area (Å²) in [6.45, 7) is 0.408. The summed E-state index contributed by atoms with van der Waals surface area (Å²) in [5.41, 5.74) is 0.969.